The summed E-state index contributed by atoms with van der Waals surface area (Å²) in [6.07, 6.45) is 2.91. The molecule has 0 saturated heterocycles. The van der Waals surface area contributed by atoms with Crippen LogP contribution < -0.4 is 0 Å². The molecule has 3 heteroatoms. The highest BCUT2D eigenvalue weighted by atomic mass is 79.9. The summed E-state index contributed by atoms with van der Waals surface area (Å²) >= 11 is 7.67. The number of phenolic OH excluding ortho intramolecular Hbond substituents is 1. The largest absolute Gasteiger partial charge is 0.507 e. The van der Waals surface area contributed by atoms with Gasteiger partial charge in [0.2, 0.25) is 0 Å². The molecule has 1 aromatic carbocycles. The lowest BCUT2D eigenvalue weighted by atomic mass is 10.2. The molecule has 0 unspecified atom stereocenters. The second-order valence-electron chi connectivity index (χ2n) is 2.63. The second-order valence-corrected chi connectivity index (χ2v) is 3.97. The van der Waals surface area contributed by atoms with Crippen LogP contribution in [0.5, 0.6) is 5.75 Å². The van der Waals surface area contributed by atoms with Crippen LogP contribution in [-0.2, 0) is 0 Å². The van der Waals surface area contributed by atoms with Gasteiger partial charge in [-0.15, -0.1) is 12.6 Å². The highest BCUT2D eigenvalue weighted by molar-refractivity contribution is 9.15. The van der Waals surface area contributed by atoms with Crippen LogP contribution in [0.15, 0.2) is 29.2 Å². The highest BCUT2D eigenvalue weighted by Crippen LogP contribution is 2.34. The van der Waals surface area contributed by atoms with Crippen LogP contribution in [0.4, 0.5) is 0 Å². The first-order chi connectivity index (χ1) is 6.16. The van der Waals surface area contributed by atoms with Gasteiger partial charge in [0.25, 0.3) is 0 Å². The Balaban J connectivity index is 3.20. The molecule has 1 rings (SSSR count). The molecule has 1 N–H and O–H groups in total. The lowest BCUT2D eigenvalue weighted by molar-refractivity contribution is 0.472. The predicted molar refractivity (Wildman–Crippen MR) is 62.6 cm³/mol. The standard InChI is InChI=1S/C10H11BrOS/c1-2-4-7(11)10-8(12)5-3-6-9(10)13/h3-6,12-13H,2H2,1H3/b7-4-. The Bertz CT molecular complexity index is 313. The van der Waals surface area contributed by atoms with E-state index in [-0.39, 0.29) is 5.75 Å². The summed E-state index contributed by atoms with van der Waals surface area (Å²) in [5, 5.41) is 9.57. The van der Waals surface area contributed by atoms with Gasteiger partial charge < -0.3 is 5.11 Å². The molecule has 0 amide bonds. The fourth-order valence-corrected chi connectivity index (χ4v) is 2.27. The number of phenols is 1. The molecule has 1 nitrogen and oxygen atoms in total. The van der Waals surface area contributed by atoms with E-state index in [0.717, 1.165) is 21.4 Å². The van der Waals surface area contributed by atoms with Crippen LogP contribution in [0, 0.1) is 0 Å². The predicted octanol–water partition coefficient (Wildman–Crippen LogP) is 3.83. The maximum Gasteiger partial charge on any atom is 0.125 e. The van der Waals surface area contributed by atoms with E-state index in [1.54, 1.807) is 12.1 Å². The van der Waals surface area contributed by atoms with Gasteiger partial charge in [-0.3, -0.25) is 0 Å². The number of thiol groups is 1. The van der Waals surface area contributed by atoms with Gasteiger partial charge in [-0.1, -0.05) is 35.0 Å². The van der Waals surface area contributed by atoms with Gasteiger partial charge in [0.1, 0.15) is 5.75 Å². The maximum absolute atomic E-state index is 9.57. The third-order valence-corrected chi connectivity index (χ3v) is 2.74. The van der Waals surface area contributed by atoms with Crippen molar-refractivity contribution in [3.63, 3.8) is 0 Å². The molecule has 0 spiro atoms. The molecule has 1 aromatic rings. The fourth-order valence-electron chi connectivity index (χ4n) is 1.05. The summed E-state index contributed by atoms with van der Waals surface area (Å²) in [4.78, 5) is 0.775. The molecule has 0 atom stereocenters. The van der Waals surface area contributed by atoms with Crippen molar-refractivity contribution in [3.05, 3.63) is 29.8 Å². The van der Waals surface area contributed by atoms with Crippen molar-refractivity contribution < 1.29 is 5.11 Å². The lowest BCUT2D eigenvalue weighted by Gasteiger charge is -2.05. The summed E-state index contributed by atoms with van der Waals surface area (Å²) < 4.78 is 0.887. The van der Waals surface area contributed by atoms with Gasteiger partial charge in [0.05, 0.1) is 0 Å². The minimum atomic E-state index is 0.254. The van der Waals surface area contributed by atoms with Gasteiger partial charge in [0.15, 0.2) is 0 Å². The van der Waals surface area contributed by atoms with Crippen molar-refractivity contribution in [1.82, 2.24) is 0 Å². The van der Waals surface area contributed by atoms with E-state index >= 15 is 0 Å². The number of aromatic hydroxyl groups is 1. The van der Waals surface area contributed by atoms with Crippen molar-refractivity contribution in [2.45, 2.75) is 18.2 Å². The van der Waals surface area contributed by atoms with Gasteiger partial charge in [-0.2, -0.15) is 0 Å². The Morgan fingerprint density at radius 1 is 1.62 bits per heavy atom. The Kier molecular flexibility index (Phi) is 3.88. The summed E-state index contributed by atoms with van der Waals surface area (Å²) in [5.41, 5.74) is 0.757. The number of hydrogen-bond acceptors (Lipinski definition) is 2. The first-order valence-corrected chi connectivity index (χ1v) is 5.27. The molecule has 0 saturated carbocycles. The zero-order valence-electron chi connectivity index (χ0n) is 7.29. The number of allylic oxidation sites excluding steroid dienone is 1. The Hall–Kier alpha value is -0.410. The zero-order valence-corrected chi connectivity index (χ0v) is 9.77. The molecule has 0 aliphatic heterocycles. The summed E-state index contributed by atoms with van der Waals surface area (Å²) in [5.74, 6) is 0.254. The van der Waals surface area contributed by atoms with Crippen molar-refractivity contribution in [3.8, 4) is 5.75 Å². The van der Waals surface area contributed by atoms with Crippen molar-refractivity contribution >= 4 is 33.0 Å². The molecule has 0 bridgehead atoms. The molecule has 0 radical (unpaired) electrons. The Morgan fingerprint density at radius 3 is 2.85 bits per heavy atom. The van der Waals surface area contributed by atoms with Crippen molar-refractivity contribution in [1.29, 1.82) is 0 Å². The van der Waals surface area contributed by atoms with Crippen molar-refractivity contribution in [2.24, 2.45) is 0 Å². The zero-order chi connectivity index (χ0) is 9.84. The third kappa shape index (κ3) is 2.51. The highest BCUT2D eigenvalue weighted by Gasteiger charge is 2.07. The van der Waals surface area contributed by atoms with Crippen LogP contribution in [0.25, 0.3) is 4.48 Å². The fraction of sp³-hybridized carbons (Fsp3) is 0.200. The quantitative estimate of drug-likeness (QED) is 0.773. The topological polar surface area (TPSA) is 20.2 Å². The van der Waals surface area contributed by atoms with E-state index < -0.39 is 0 Å². The van der Waals surface area contributed by atoms with E-state index in [2.05, 4.69) is 28.6 Å². The smallest absolute Gasteiger partial charge is 0.125 e. The van der Waals surface area contributed by atoms with Gasteiger partial charge in [-0.25, -0.2) is 0 Å². The Labute approximate surface area is 92.0 Å². The average Bonchev–Trinajstić information content (AvgIpc) is 2.04. The monoisotopic (exact) mass is 258 g/mol. The average molecular weight is 259 g/mol. The van der Waals surface area contributed by atoms with E-state index in [1.807, 2.05) is 19.1 Å². The SMILES string of the molecule is CC/C=C(\Br)c1c(O)cccc1S. The summed E-state index contributed by atoms with van der Waals surface area (Å²) in [6, 6.07) is 5.27. The van der Waals surface area contributed by atoms with Gasteiger partial charge in [0, 0.05) is 14.9 Å². The Morgan fingerprint density at radius 2 is 2.31 bits per heavy atom. The molecule has 70 valence electrons. The molecule has 0 aromatic heterocycles. The number of rotatable bonds is 2. The number of hydrogen-bond donors (Lipinski definition) is 2. The van der Waals surface area contributed by atoms with Crippen LogP contribution in [0.3, 0.4) is 0 Å². The molecule has 0 aliphatic carbocycles. The molecule has 0 aliphatic rings. The van der Waals surface area contributed by atoms with E-state index in [1.165, 1.54) is 0 Å². The minimum Gasteiger partial charge on any atom is -0.507 e. The normalized spacial score (nSPS) is 11.8. The van der Waals surface area contributed by atoms with Gasteiger partial charge >= 0.3 is 0 Å². The van der Waals surface area contributed by atoms with Crippen LogP contribution in [-0.4, -0.2) is 5.11 Å². The summed E-state index contributed by atoms with van der Waals surface area (Å²) in [6.45, 7) is 2.04. The molecule has 0 fully saturated rings. The third-order valence-electron chi connectivity index (χ3n) is 1.64. The van der Waals surface area contributed by atoms with Crippen LogP contribution in [0.1, 0.15) is 18.9 Å². The molecule has 13 heavy (non-hydrogen) atoms. The van der Waals surface area contributed by atoms with Crippen LogP contribution >= 0.6 is 28.6 Å². The summed E-state index contributed by atoms with van der Waals surface area (Å²) in [7, 11) is 0. The minimum absolute atomic E-state index is 0.254. The first-order valence-electron chi connectivity index (χ1n) is 4.03. The van der Waals surface area contributed by atoms with E-state index in [9.17, 15) is 5.11 Å². The van der Waals surface area contributed by atoms with Crippen LogP contribution in [0.2, 0.25) is 0 Å². The number of benzene rings is 1. The maximum atomic E-state index is 9.57. The van der Waals surface area contributed by atoms with Crippen molar-refractivity contribution in [2.75, 3.05) is 0 Å². The molecule has 0 heterocycles. The first kappa shape index (κ1) is 10.7. The molecular formula is C10H11BrOS. The van der Waals surface area contributed by atoms with E-state index in [4.69, 9.17) is 0 Å². The number of halogens is 1. The second kappa shape index (κ2) is 4.72. The van der Waals surface area contributed by atoms with Gasteiger partial charge in [-0.05, 0) is 18.6 Å². The molecular weight excluding hydrogens is 248 g/mol. The van der Waals surface area contributed by atoms with E-state index in [0.29, 0.717) is 0 Å². The lowest BCUT2D eigenvalue weighted by Crippen LogP contribution is -1.81.